The Bertz CT molecular complexity index is 881. The molecule has 2 heterocycles. The molecular weight excluding hydrogens is 424 g/mol. The minimum absolute atomic E-state index is 0.00180. The molecule has 0 bridgehead atoms. The highest BCUT2D eigenvalue weighted by molar-refractivity contribution is 7.17. The van der Waals surface area contributed by atoms with Gasteiger partial charge in [-0.3, -0.25) is 14.5 Å². The summed E-state index contributed by atoms with van der Waals surface area (Å²) in [7, 11) is 1.65. The lowest BCUT2D eigenvalue weighted by Gasteiger charge is -2.34. The zero-order valence-electron chi connectivity index (χ0n) is 17.3. The van der Waals surface area contributed by atoms with Gasteiger partial charge in [-0.15, -0.1) is 11.3 Å². The molecule has 9 heteroatoms. The molecule has 1 saturated heterocycles. The molecule has 162 valence electrons. The van der Waals surface area contributed by atoms with Gasteiger partial charge in [0.1, 0.15) is 9.88 Å². The monoisotopic (exact) mass is 450 g/mol. The Morgan fingerprint density at radius 2 is 2.03 bits per heavy atom. The quantitative estimate of drug-likeness (QED) is 0.626. The molecule has 0 radical (unpaired) electrons. The van der Waals surface area contributed by atoms with Crippen LogP contribution in [0.4, 0.5) is 0 Å². The summed E-state index contributed by atoms with van der Waals surface area (Å²) < 4.78 is 4.98. The van der Waals surface area contributed by atoms with Crippen molar-refractivity contribution < 1.29 is 14.3 Å². The number of rotatable bonds is 8. The molecule has 2 amide bonds. The molecule has 1 fully saturated rings. The van der Waals surface area contributed by atoms with Crippen LogP contribution < -0.4 is 5.32 Å². The number of benzene rings is 1. The molecule has 0 unspecified atom stereocenters. The maximum atomic E-state index is 13.0. The van der Waals surface area contributed by atoms with Crippen molar-refractivity contribution in [2.75, 3.05) is 53.0 Å². The summed E-state index contributed by atoms with van der Waals surface area (Å²) in [5.41, 5.74) is 1.65. The van der Waals surface area contributed by atoms with Crippen molar-refractivity contribution in [3.8, 4) is 10.6 Å². The van der Waals surface area contributed by atoms with E-state index in [-0.39, 0.29) is 11.8 Å². The van der Waals surface area contributed by atoms with Crippen molar-refractivity contribution in [1.29, 1.82) is 0 Å². The summed E-state index contributed by atoms with van der Waals surface area (Å²) in [4.78, 5) is 34.2. The van der Waals surface area contributed by atoms with E-state index in [1.807, 2.05) is 36.1 Å². The normalized spacial score (nSPS) is 14.7. The first-order valence-electron chi connectivity index (χ1n) is 9.98. The molecule has 0 saturated carbocycles. The van der Waals surface area contributed by atoms with E-state index in [1.165, 1.54) is 11.3 Å². The summed E-state index contributed by atoms with van der Waals surface area (Å²) in [6, 6.07) is 7.49. The minimum atomic E-state index is 0.00180. The predicted molar refractivity (Wildman–Crippen MR) is 119 cm³/mol. The summed E-state index contributed by atoms with van der Waals surface area (Å²) >= 11 is 7.48. The van der Waals surface area contributed by atoms with Crippen molar-refractivity contribution in [1.82, 2.24) is 20.1 Å². The van der Waals surface area contributed by atoms with Gasteiger partial charge in [0.25, 0.3) is 5.91 Å². The Hall–Kier alpha value is -2.00. The number of aryl methyl sites for hydroxylation is 1. The zero-order valence-corrected chi connectivity index (χ0v) is 18.9. The third-order valence-corrected chi connectivity index (χ3v) is 6.37. The van der Waals surface area contributed by atoms with Crippen LogP contribution in [0.25, 0.3) is 10.6 Å². The topological polar surface area (TPSA) is 74.8 Å². The number of thiazole rings is 1. The number of nitrogens with zero attached hydrogens (tertiary/aromatic N) is 3. The molecule has 1 aliphatic rings. The molecule has 1 N–H and O–H groups in total. The number of aromatic nitrogens is 1. The number of piperazine rings is 1. The van der Waals surface area contributed by atoms with Gasteiger partial charge in [0, 0.05) is 57.0 Å². The highest BCUT2D eigenvalue weighted by Gasteiger charge is 2.26. The van der Waals surface area contributed by atoms with Crippen LogP contribution in [-0.4, -0.2) is 79.6 Å². The summed E-state index contributed by atoms with van der Waals surface area (Å²) in [5, 5.41) is 4.34. The van der Waals surface area contributed by atoms with Crippen LogP contribution in [0.1, 0.15) is 21.8 Å². The standard InChI is InChI=1S/C21H27ClN4O3S/c1-15-19(30-20(24-15)16-5-3-6-17(22)13-16)21(28)26-10-8-25(9-11-26)14-18(27)23-7-4-12-29-2/h3,5-6,13H,4,7-12,14H2,1-2H3,(H,23,27). The van der Waals surface area contributed by atoms with E-state index in [1.54, 1.807) is 7.11 Å². The van der Waals surface area contributed by atoms with Crippen molar-refractivity contribution in [2.24, 2.45) is 0 Å². The van der Waals surface area contributed by atoms with E-state index in [0.29, 0.717) is 55.8 Å². The molecule has 1 aromatic carbocycles. The lowest BCUT2D eigenvalue weighted by atomic mass is 10.2. The molecular formula is C21H27ClN4O3S. The van der Waals surface area contributed by atoms with Crippen LogP contribution in [0.15, 0.2) is 24.3 Å². The van der Waals surface area contributed by atoms with Crippen LogP contribution in [0.3, 0.4) is 0 Å². The fourth-order valence-corrected chi connectivity index (χ4v) is 4.52. The van der Waals surface area contributed by atoms with Gasteiger partial charge in [-0.25, -0.2) is 4.98 Å². The van der Waals surface area contributed by atoms with E-state index < -0.39 is 0 Å². The third kappa shape index (κ3) is 6.01. The van der Waals surface area contributed by atoms with Crippen LogP contribution in [0.5, 0.6) is 0 Å². The van der Waals surface area contributed by atoms with Crippen molar-refractivity contribution in [3.05, 3.63) is 39.9 Å². The van der Waals surface area contributed by atoms with Gasteiger partial charge in [0.05, 0.1) is 12.2 Å². The van der Waals surface area contributed by atoms with Gasteiger partial charge in [-0.2, -0.15) is 0 Å². The number of methoxy groups -OCH3 is 1. The Morgan fingerprint density at radius 3 is 2.73 bits per heavy atom. The molecule has 30 heavy (non-hydrogen) atoms. The Morgan fingerprint density at radius 1 is 1.27 bits per heavy atom. The smallest absolute Gasteiger partial charge is 0.265 e. The molecule has 1 aromatic heterocycles. The Balaban J connectivity index is 1.52. The predicted octanol–water partition coefficient (Wildman–Crippen LogP) is 2.68. The SMILES string of the molecule is COCCCNC(=O)CN1CCN(C(=O)c2sc(-c3cccc(Cl)c3)nc2C)CC1. The molecule has 3 rings (SSSR count). The lowest BCUT2D eigenvalue weighted by Crippen LogP contribution is -2.51. The summed E-state index contributed by atoms with van der Waals surface area (Å²) in [6.07, 6.45) is 0.801. The average molecular weight is 451 g/mol. The first-order valence-corrected chi connectivity index (χ1v) is 11.2. The number of hydrogen-bond donors (Lipinski definition) is 1. The third-order valence-electron chi connectivity index (χ3n) is 4.94. The summed E-state index contributed by atoms with van der Waals surface area (Å²) in [6.45, 7) is 6.02. The second kappa shape index (κ2) is 10.9. The number of hydrogen-bond acceptors (Lipinski definition) is 6. The molecule has 0 atom stereocenters. The van der Waals surface area contributed by atoms with E-state index in [2.05, 4.69) is 15.2 Å². The molecule has 0 spiro atoms. The number of nitrogens with one attached hydrogen (secondary N) is 1. The van der Waals surface area contributed by atoms with Crippen LogP contribution >= 0.6 is 22.9 Å². The van der Waals surface area contributed by atoms with Crippen LogP contribution in [0.2, 0.25) is 5.02 Å². The Labute approximate surface area is 186 Å². The molecule has 2 aromatic rings. The second-order valence-corrected chi connectivity index (χ2v) is 8.64. The van der Waals surface area contributed by atoms with Gasteiger partial charge < -0.3 is 15.0 Å². The number of carbonyl (C=O) groups excluding carboxylic acids is 2. The first kappa shape index (κ1) is 22.7. The zero-order chi connectivity index (χ0) is 21.5. The van der Waals surface area contributed by atoms with Crippen molar-refractivity contribution >= 4 is 34.8 Å². The van der Waals surface area contributed by atoms with Gasteiger partial charge in [0.15, 0.2) is 0 Å². The number of ether oxygens (including phenoxy) is 1. The van der Waals surface area contributed by atoms with E-state index in [0.717, 1.165) is 22.7 Å². The summed E-state index contributed by atoms with van der Waals surface area (Å²) in [5.74, 6) is 0.0114. The Kier molecular flexibility index (Phi) is 8.21. The molecule has 0 aliphatic carbocycles. The first-order chi connectivity index (χ1) is 14.5. The van der Waals surface area contributed by atoms with Gasteiger partial charge in [-0.05, 0) is 25.5 Å². The fourth-order valence-electron chi connectivity index (χ4n) is 3.30. The number of carbonyl (C=O) groups is 2. The van der Waals surface area contributed by atoms with Crippen molar-refractivity contribution in [3.63, 3.8) is 0 Å². The molecule has 7 nitrogen and oxygen atoms in total. The molecule has 1 aliphatic heterocycles. The van der Waals surface area contributed by atoms with Gasteiger partial charge in [-0.1, -0.05) is 23.7 Å². The number of halogens is 1. The fraction of sp³-hybridized carbons (Fsp3) is 0.476. The van der Waals surface area contributed by atoms with E-state index >= 15 is 0 Å². The van der Waals surface area contributed by atoms with E-state index in [4.69, 9.17) is 16.3 Å². The van der Waals surface area contributed by atoms with Crippen LogP contribution in [0, 0.1) is 6.92 Å². The highest BCUT2D eigenvalue weighted by Crippen LogP contribution is 2.30. The number of amides is 2. The van der Waals surface area contributed by atoms with Gasteiger partial charge >= 0.3 is 0 Å². The lowest BCUT2D eigenvalue weighted by molar-refractivity contribution is -0.122. The van der Waals surface area contributed by atoms with Crippen molar-refractivity contribution in [2.45, 2.75) is 13.3 Å². The minimum Gasteiger partial charge on any atom is -0.385 e. The maximum Gasteiger partial charge on any atom is 0.265 e. The average Bonchev–Trinajstić information content (AvgIpc) is 3.13. The van der Waals surface area contributed by atoms with Gasteiger partial charge in [0.2, 0.25) is 5.91 Å². The second-order valence-electron chi connectivity index (χ2n) is 7.21. The highest BCUT2D eigenvalue weighted by atomic mass is 35.5. The maximum absolute atomic E-state index is 13.0. The van der Waals surface area contributed by atoms with Crippen LogP contribution in [-0.2, 0) is 9.53 Å². The van der Waals surface area contributed by atoms with E-state index in [9.17, 15) is 9.59 Å². The largest absolute Gasteiger partial charge is 0.385 e.